The molecule has 0 saturated carbocycles. The van der Waals surface area contributed by atoms with Gasteiger partial charge in [0.25, 0.3) is 0 Å². The summed E-state index contributed by atoms with van der Waals surface area (Å²) < 4.78 is 10.5. The van der Waals surface area contributed by atoms with Gasteiger partial charge < -0.3 is 20.2 Å². The van der Waals surface area contributed by atoms with E-state index in [-0.39, 0.29) is 0 Å². The largest absolute Gasteiger partial charge is 0.480 e. The van der Waals surface area contributed by atoms with Gasteiger partial charge in [-0.1, -0.05) is 0 Å². The summed E-state index contributed by atoms with van der Waals surface area (Å²) in [6.07, 6.45) is 3.07. The number of aromatic amines is 1. The Hall–Kier alpha value is -2.83. The second-order valence-corrected chi connectivity index (χ2v) is 4.15. The third-order valence-electron chi connectivity index (χ3n) is 2.96. The van der Waals surface area contributed by atoms with E-state index in [1.54, 1.807) is 26.5 Å². The van der Waals surface area contributed by atoms with Gasteiger partial charge in [0.1, 0.15) is 17.7 Å². The fourth-order valence-electron chi connectivity index (χ4n) is 2.08. The molecule has 0 aliphatic heterocycles. The molecule has 0 bridgehead atoms. The summed E-state index contributed by atoms with van der Waals surface area (Å²) in [5.74, 6) is 1.33. The number of anilines is 1. The number of fused-ring (bicyclic) bond motifs is 1. The third kappa shape index (κ3) is 1.89. The lowest BCUT2D eigenvalue weighted by Gasteiger charge is -2.08. The van der Waals surface area contributed by atoms with Gasteiger partial charge in [-0.3, -0.25) is 0 Å². The smallest absolute Gasteiger partial charge is 0.229 e. The van der Waals surface area contributed by atoms with Crippen molar-refractivity contribution in [2.45, 2.75) is 0 Å². The maximum atomic E-state index is 5.68. The molecule has 0 amide bonds. The van der Waals surface area contributed by atoms with E-state index in [2.05, 4.69) is 19.9 Å². The van der Waals surface area contributed by atoms with Crippen molar-refractivity contribution in [2.75, 3.05) is 20.0 Å². The molecule has 0 radical (unpaired) electrons. The number of ether oxygens (including phenoxy) is 2. The number of nitrogens with one attached hydrogen (secondary N) is 1. The first-order valence-corrected chi connectivity index (χ1v) is 5.90. The number of nitrogens with two attached hydrogens (primary N) is 1. The Morgan fingerprint density at radius 2 is 1.75 bits per heavy atom. The number of hydrogen-bond acceptors (Lipinski definition) is 6. The van der Waals surface area contributed by atoms with E-state index in [1.165, 1.54) is 6.33 Å². The fraction of sp³-hybridized carbons (Fsp3) is 0.154. The van der Waals surface area contributed by atoms with Gasteiger partial charge >= 0.3 is 0 Å². The summed E-state index contributed by atoms with van der Waals surface area (Å²) in [5, 5.41) is 0.945. The molecule has 0 aromatic carbocycles. The molecule has 102 valence electrons. The van der Waals surface area contributed by atoms with Crippen LogP contribution in [0.5, 0.6) is 11.8 Å². The summed E-state index contributed by atoms with van der Waals surface area (Å²) in [5.41, 5.74) is 7.99. The van der Waals surface area contributed by atoms with E-state index in [0.29, 0.717) is 23.1 Å². The predicted octanol–water partition coefficient (Wildman–Crippen LogP) is 1.62. The summed E-state index contributed by atoms with van der Waals surface area (Å²) in [4.78, 5) is 15.5. The Balaban J connectivity index is 2.24. The lowest BCUT2D eigenvalue weighted by atomic mass is 10.2. The molecule has 3 N–H and O–H groups in total. The molecule has 20 heavy (non-hydrogen) atoms. The molecule has 3 rings (SSSR count). The highest BCUT2D eigenvalue weighted by atomic mass is 16.5. The van der Waals surface area contributed by atoms with Crippen molar-refractivity contribution in [2.24, 2.45) is 0 Å². The molecule has 0 aliphatic carbocycles. The second kappa shape index (κ2) is 4.69. The van der Waals surface area contributed by atoms with Gasteiger partial charge in [-0.05, 0) is 12.1 Å². The molecule has 3 aromatic rings. The first kappa shape index (κ1) is 12.2. The van der Waals surface area contributed by atoms with Crippen LogP contribution >= 0.6 is 0 Å². The van der Waals surface area contributed by atoms with Crippen LogP contribution in [0, 0.1) is 0 Å². The summed E-state index contributed by atoms with van der Waals surface area (Å²) in [6, 6.07) is 3.72. The van der Waals surface area contributed by atoms with Crippen molar-refractivity contribution in [1.29, 1.82) is 0 Å². The molecule has 3 aromatic heterocycles. The number of methoxy groups -OCH3 is 2. The van der Waals surface area contributed by atoms with Crippen molar-refractivity contribution >= 4 is 16.7 Å². The average Bonchev–Trinajstić information content (AvgIpc) is 2.88. The number of H-pyrrole nitrogens is 1. The van der Waals surface area contributed by atoms with E-state index in [0.717, 1.165) is 16.6 Å². The fourth-order valence-corrected chi connectivity index (χ4v) is 2.08. The first-order chi connectivity index (χ1) is 9.72. The Morgan fingerprint density at radius 3 is 2.40 bits per heavy atom. The van der Waals surface area contributed by atoms with Crippen LogP contribution in [0.2, 0.25) is 0 Å². The molecule has 0 aliphatic rings. The summed E-state index contributed by atoms with van der Waals surface area (Å²) in [6.45, 7) is 0. The second-order valence-electron chi connectivity index (χ2n) is 4.15. The van der Waals surface area contributed by atoms with Crippen molar-refractivity contribution in [3.05, 3.63) is 24.7 Å². The van der Waals surface area contributed by atoms with Crippen LogP contribution in [0.3, 0.4) is 0 Å². The van der Waals surface area contributed by atoms with E-state index < -0.39 is 0 Å². The van der Waals surface area contributed by atoms with E-state index in [4.69, 9.17) is 15.2 Å². The quantitative estimate of drug-likeness (QED) is 0.751. The lowest BCUT2D eigenvalue weighted by molar-refractivity contribution is 0.374. The molecular weight excluding hydrogens is 258 g/mol. The monoisotopic (exact) mass is 271 g/mol. The summed E-state index contributed by atoms with van der Waals surface area (Å²) >= 11 is 0. The van der Waals surface area contributed by atoms with Crippen molar-refractivity contribution < 1.29 is 9.47 Å². The maximum absolute atomic E-state index is 5.68. The van der Waals surface area contributed by atoms with Crippen LogP contribution in [0.4, 0.5) is 5.82 Å². The van der Waals surface area contributed by atoms with Gasteiger partial charge in [0.15, 0.2) is 0 Å². The van der Waals surface area contributed by atoms with Crippen LogP contribution < -0.4 is 15.2 Å². The van der Waals surface area contributed by atoms with Crippen LogP contribution in [0.25, 0.3) is 22.2 Å². The Labute approximate surface area is 114 Å². The maximum Gasteiger partial charge on any atom is 0.229 e. The van der Waals surface area contributed by atoms with Crippen molar-refractivity contribution in [3.8, 4) is 23.0 Å². The molecule has 0 atom stereocenters. The number of nitrogen functional groups attached to an aromatic ring is 1. The number of hydrogen-bond donors (Lipinski definition) is 2. The first-order valence-electron chi connectivity index (χ1n) is 5.90. The Kier molecular flexibility index (Phi) is 2.86. The minimum absolute atomic E-state index is 0.435. The average molecular weight is 271 g/mol. The molecule has 0 saturated heterocycles. The standard InChI is InChI=1S/C13H13N5O2/c1-19-12-11(13(20-2)17-6-16-12)8-3-7-4-10(14)15-5-9(7)18-8/h3-6,18H,1-2H3,(H2,14,15). The highest BCUT2D eigenvalue weighted by molar-refractivity contribution is 5.88. The number of rotatable bonds is 3. The van der Waals surface area contributed by atoms with Gasteiger partial charge in [0.05, 0.1) is 31.6 Å². The van der Waals surface area contributed by atoms with Gasteiger partial charge in [-0.25, -0.2) is 15.0 Å². The van der Waals surface area contributed by atoms with Gasteiger partial charge in [0.2, 0.25) is 11.8 Å². The van der Waals surface area contributed by atoms with Crippen LogP contribution in [-0.2, 0) is 0 Å². The van der Waals surface area contributed by atoms with E-state index in [9.17, 15) is 0 Å². The van der Waals surface area contributed by atoms with Gasteiger partial charge in [-0.2, -0.15) is 0 Å². The number of nitrogens with zero attached hydrogens (tertiary/aromatic N) is 3. The molecule has 0 unspecified atom stereocenters. The predicted molar refractivity (Wildman–Crippen MR) is 74.6 cm³/mol. The number of pyridine rings is 1. The molecule has 7 heteroatoms. The number of aromatic nitrogens is 4. The van der Waals surface area contributed by atoms with Crippen LogP contribution in [0.1, 0.15) is 0 Å². The molecule has 0 fully saturated rings. The zero-order chi connectivity index (χ0) is 14.1. The van der Waals surface area contributed by atoms with Crippen molar-refractivity contribution in [1.82, 2.24) is 19.9 Å². The van der Waals surface area contributed by atoms with Gasteiger partial charge in [-0.15, -0.1) is 0 Å². The molecular formula is C13H13N5O2. The molecule has 0 spiro atoms. The van der Waals surface area contributed by atoms with Crippen LogP contribution in [-0.4, -0.2) is 34.2 Å². The van der Waals surface area contributed by atoms with Crippen molar-refractivity contribution in [3.63, 3.8) is 0 Å². The molecule has 3 heterocycles. The lowest BCUT2D eigenvalue weighted by Crippen LogP contribution is -1.98. The van der Waals surface area contributed by atoms with E-state index in [1.807, 2.05) is 6.07 Å². The zero-order valence-corrected chi connectivity index (χ0v) is 11.0. The highest BCUT2D eigenvalue weighted by Gasteiger charge is 2.17. The Bertz CT molecular complexity index is 746. The summed E-state index contributed by atoms with van der Waals surface area (Å²) in [7, 11) is 3.10. The normalized spacial score (nSPS) is 10.7. The van der Waals surface area contributed by atoms with E-state index >= 15 is 0 Å². The minimum Gasteiger partial charge on any atom is -0.480 e. The Morgan fingerprint density at radius 1 is 1.05 bits per heavy atom. The van der Waals surface area contributed by atoms with Crippen LogP contribution in [0.15, 0.2) is 24.7 Å². The third-order valence-corrected chi connectivity index (χ3v) is 2.96. The highest BCUT2D eigenvalue weighted by Crippen LogP contribution is 2.35. The van der Waals surface area contributed by atoms with Gasteiger partial charge in [0, 0.05) is 5.39 Å². The SMILES string of the molecule is COc1ncnc(OC)c1-c1cc2cc(N)ncc2[nH]1. The molecule has 7 nitrogen and oxygen atoms in total. The topological polar surface area (TPSA) is 98.9 Å². The zero-order valence-electron chi connectivity index (χ0n) is 11.0. The minimum atomic E-state index is 0.435.